The number of nitrogens with one attached hydrogen (secondary N) is 1. The van der Waals surface area contributed by atoms with Crippen molar-refractivity contribution < 1.29 is 37.0 Å². The average Bonchev–Trinajstić information content (AvgIpc) is 2.86. The van der Waals surface area contributed by atoms with Crippen LogP contribution >= 0.6 is 0 Å². The third-order valence-electron chi connectivity index (χ3n) is 6.25. The molecule has 200 valence electrons. The van der Waals surface area contributed by atoms with E-state index in [-0.39, 0.29) is 23.3 Å². The van der Waals surface area contributed by atoms with Gasteiger partial charge in [0.05, 0.1) is 7.11 Å². The summed E-state index contributed by atoms with van der Waals surface area (Å²) in [6, 6.07) is 13.7. The topological polar surface area (TPSA) is 73.9 Å². The van der Waals surface area contributed by atoms with Gasteiger partial charge in [-0.2, -0.15) is 0 Å². The van der Waals surface area contributed by atoms with Gasteiger partial charge in [0, 0.05) is 17.5 Å². The van der Waals surface area contributed by atoms with Gasteiger partial charge in [0.2, 0.25) is 0 Å². The Balaban J connectivity index is 1.64. The van der Waals surface area contributed by atoms with Crippen LogP contribution in [-0.2, 0) is 27.1 Å². The van der Waals surface area contributed by atoms with Gasteiger partial charge < -0.3 is 19.5 Å². The SMILES string of the molecule is COC(=O)C1(NC(=O)OC(C)(C)C)CCc2ccc(Oc3ccccc3-c3ccc(F)c(F)c3F)cc2C1. The number of benzene rings is 3. The molecule has 1 atom stereocenters. The number of ether oxygens (including phenoxy) is 3. The van der Waals surface area contributed by atoms with Gasteiger partial charge in [0.25, 0.3) is 0 Å². The molecule has 0 fully saturated rings. The van der Waals surface area contributed by atoms with Gasteiger partial charge >= 0.3 is 12.1 Å². The number of hydrogen-bond donors (Lipinski definition) is 1. The zero-order chi connectivity index (χ0) is 27.7. The number of para-hydroxylation sites is 1. The van der Waals surface area contributed by atoms with Crippen LogP contribution in [0.2, 0.25) is 0 Å². The standard InChI is InChI=1S/C29H28F3NO5/c1-28(2,3)38-27(35)33-29(26(34)36-4)14-13-17-9-10-19(15-18(17)16-29)37-23-8-6-5-7-20(23)21-11-12-22(30)25(32)24(21)31/h5-12,15H,13-14,16H2,1-4H3,(H,33,35). The Morgan fingerprint density at radius 3 is 2.37 bits per heavy atom. The van der Waals surface area contributed by atoms with Gasteiger partial charge in [0.1, 0.15) is 22.6 Å². The minimum atomic E-state index is -1.57. The van der Waals surface area contributed by atoms with Crippen LogP contribution in [0.25, 0.3) is 11.1 Å². The summed E-state index contributed by atoms with van der Waals surface area (Å²) in [4.78, 5) is 25.4. The van der Waals surface area contributed by atoms with E-state index in [0.717, 1.165) is 23.3 Å². The maximum Gasteiger partial charge on any atom is 0.408 e. The molecule has 6 nitrogen and oxygen atoms in total. The molecule has 0 aromatic heterocycles. The molecule has 1 amide bonds. The maximum atomic E-state index is 14.5. The number of carbonyl (C=O) groups is 2. The van der Waals surface area contributed by atoms with Crippen molar-refractivity contribution in [3.05, 3.63) is 83.2 Å². The number of halogens is 3. The van der Waals surface area contributed by atoms with Gasteiger partial charge in [-0.15, -0.1) is 0 Å². The number of fused-ring (bicyclic) bond motifs is 1. The highest BCUT2D eigenvalue weighted by Crippen LogP contribution is 2.38. The van der Waals surface area contributed by atoms with E-state index in [0.29, 0.717) is 18.6 Å². The number of alkyl carbamates (subject to hydrolysis) is 1. The molecule has 9 heteroatoms. The molecule has 0 heterocycles. The van der Waals surface area contributed by atoms with Gasteiger partial charge in [-0.05, 0) is 75.1 Å². The molecule has 0 radical (unpaired) electrons. The summed E-state index contributed by atoms with van der Waals surface area (Å²) < 4.78 is 58.4. The highest BCUT2D eigenvalue weighted by atomic mass is 19.2. The average molecular weight is 528 g/mol. The number of aryl methyl sites for hydroxylation is 1. The van der Waals surface area contributed by atoms with Gasteiger partial charge in [-0.1, -0.05) is 24.3 Å². The summed E-state index contributed by atoms with van der Waals surface area (Å²) in [7, 11) is 1.25. The van der Waals surface area contributed by atoms with Crippen LogP contribution in [0, 0.1) is 17.5 Å². The van der Waals surface area contributed by atoms with Crippen molar-refractivity contribution in [2.24, 2.45) is 0 Å². The third-order valence-corrected chi connectivity index (χ3v) is 6.25. The van der Waals surface area contributed by atoms with Crippen LogP contribution in [0.5, 0.6) is 11.5 Å². The molecular formula is C29H28F3NO5. The summed E-state index contributed by atoms with van der Waals surface area (Å²) in [5.41, 5.74) is -0.305. The molecule has 1 unspecified atom stereocenters. The molecule has 3 aromatic rings. The number of hydrogen-bond acceptors (Lipinski definition) is 5. The summed E-state index contributed by atoms with van der Waals surface area (Å²) in [5, 5.41) is 2.71. The second-order valence-electron chi connectivity index (χ2n) is 10.1. The smallest absolute Gasteiger partial charge is 0.408 e. The fourth-order valence-electron chi connectivity index (χ4n) is 4.50. The molecule has 1 N–H and O–H groups in total. The summed E-state index contributed by atoms with van der Waals surface area (Å²) in [6.07, 6.45) is 0.188. The van der Waals surface area contributed by atoms with E-state index in [1.54, 1.807) is 51.1 Å². The Labute approximate surface area is 218 Å². The third kappa shape index (κ3) is 5.61. The highest BCUT2D eigenvalue weighted by Gasteiger charge is 2.45. The quantitative estimate of drug-likeness (QED) is 0.303. The molecule has 4 rings (SSSR count). The van der Waals surface area contributed by atoms with Crippen LogP contribution in [0.4, 0.5) is 18.0 Å². The van der Waals surface area contributed by atoms with Crippen LogP contribution < -0.4 is 10.1 Å². The Bertz CT molecular complexity index is 1390. The van der Waals surface area contributed by atoms with Crippen LogP contribution in [0.15, 0.2) is 54.6 Å². The number of esters is 1. The molecule has 1 aliphatic rings. The van der Waals surface area contributed by atoms with E-state index in [1.165, 1.54) is 13.2 Å². The normalized spacial score (nSPS) is 16.8. The largest absolute Gasteiger partial charge is 0.467 e. The first-order valence-corrected chi connectivity index (χ1v) is 12.0. The van der Waals surface area contributed by atoms with Crippen molar-refractivity contribution >= 4 is 12.1 Å². The van der Waals surface area contributed by atoms with E-state index in [9.17, 15) is 22.8 Å². The first kappa shape index (κ1) is 27.0. The van der Waals surface area contributed by atoms with Crippen molar-refractivity contribution in [1.82, 2.24) is 5.32 Å². The molecule has 0 aliphatic heterocycles. The number of amides is 1. The predicted molar refractivity (Wildman–Crippen MR) is 134 cm³/mol. The zero-order valence-electron chi connectivity index (χ0n) is 21.5. The summed E-state index contributed by atoms with van der Waals surface area (Å²) in [5.74, 6) is -4.17. The summed E-state index contributed by atoms with van der Waals surface area (Å²) in [6.45, 7) is 5.17. The minimum Gasteiger partial charge on any atom is -0.467 e. The molecule has 38 heavy (non-hydrogen) atoms. The lowest BCUT2D eigenvalue weighted by molar-refractivity contribution is -0.149. The maximum absolute atomic E-state index is 14.5. The molecule has 0 spiro atoms. The fraction of sp³-hybridized carbons (Fsp3) is 0.310. The fourth-order valence-corrected chi connectivity index (χ4v) is 4.50. The van der Waals surface area contributed by atoms with E-state index in [2.05, 4.69) is 5.32 Å². The first-order valence-electron chi connectivity index (χ1n) is 12.0. The predicted octanol–water partition coefficient (Wildman–Crippen LogP) is 6.49. The Morgan fingerprint density at radius 1 is 0.921 bits per heavy atom. The molecule has 0 saturated heterocycles. The van der Waals surface area contributed by atoms with Crippen LogP contribution in [-0.4, -0.2) is 30.3 Å². The van der Waals surface area contributed by atoms with Gasteiger partial charge in [0.15, 0.2) is 17.5 Å². The van der Waals surface area contributed by atoms with Crippen molar-refractivity contribution in [2.45, 2.75) is 51.2 Å². The van der Waals surface area contributed by atoms with Gasteiger partial charge in [-0.25, -0.2) is 22.8 Å². The second kappa shape index (κ2) is 10.4. The zero-order valence-corrected chi connectivity index (χ0v) is 21.5. The van der Waals surface area contributed by atoms with Crippen LogP contribution in [0.1, 0.15) is 38.3 Å². The van der Waals surface area contributed by atoms with Crippen molar-refractivity contribution in [1.29, 1.82) is 0 Å². The molecule has 0 saturated carbocycles. The lowest BCUT2D eigenvalue weighted by Gasteiger charge is -2.36. The van der Waals surface area contributed by atoms with Crippen molar-refractivity contribution in [3.63, 3.8) is 0 Å². The monoisotopic (exact) mass is 527 g/mol. The molecule has 0 bridgehead atoms. The number of rotatable bonds is 5. The lowest BCUT2D eigenvalue weighted by Crippen LogP contribution is -2.59. The first-order chi connectivity index (χ1) is 17.9. The van der Waals surface area contributed by atoms with Crippen molar-refractivity contribution in [3.8, 4) is 22.6 Å². The van der Waals surface area contributed by atoms with E-state index >= 15 is 0 Å². The minimum absolute atomic E-state index is 0.130. The summed E-state index contributed by atoms with van der Waals surface area (Å²) >= 11 is 0. The Morgan fingerprint density at radius 2 is 1.66 bits per heavy atom. The van der Waals surface area contributed by atoms with Crippen molar-refractivity contribution in [2.75, 3.05) is 7.11 Å². The molecular weight excluding hydrogens is 499 g/mol. The Hall–Kier alpha value is -4.01. The molecule has 3 aromatic carbocycles. The van der Waals surface area contributed by atoms with E-state index < -0.39 is 40.7 Å². The highest BCUT2D eigenvalue weighted by molar-refractivity contribution is 5.86. The Kier molecular flexibility index (Phi) is 7.40. The molecule has 1 aliphatic carbocycles. The number of carbonyl (C=O) groups excluding carboxylic acids is 2. The number of methoxy groups -OCH3 is 1. The van der Waals surface area contributed by atoms with E-state index in [4.69, 9.17) is 14.2 Å². The van der Waals surface area contributed by atoms with E-state index in [1.807, 2.05) is 6.07 Å². The lowest BCUT2D eigenvalue weighted by atomic mass is 9.78. The van der Waals surface area contributed by atoms with Crippen LogP contribution in [0.3, 0.4) is 0 Å². The van der Waals surface area contributed by atoms with Gasteiger partial charge in [-0.3, -0.25) is 0 Å². The second-order valence-corrected chi connectivity index (χ2v) is 10.1.